The Morgan fingerprint density at radius 2 is 0.950 bits per heavy atom. The van der Waals surface area contributed by atoms with E-state index in [1.54, 1.807) is 24.3 Å². The van der Waals surface area contributed by atoms with E-state index < -0.39 is 0 Å². The summed E-state index contributed by atoms with van der Waals surface area (Å²) in [4.78, 5) is 0. The maximum atomic E-state index is 5.58. The molecule has 0 aliphatic rings. The minimum atomic E-state index is 0.480. The van der Waals surface area contributed by atoms with Gasteiger partial charge in [-0.05, 0) is 48.5 Å². The summed E-state index contributed by atoms with van der Waals surface area (Å²) in [6.45, 7) is 4.96. The van der Waals surface area contributed by atoms with E-state index >= 15 is 0 Å². The molecule has 0 saturated heterocycles. The maximum absolute atomic E-state index is 5.58. The first kappa shape index (κ1) is 15.7. The summed E-state index contributed by atoms with van der Waals surface area (Å²) >= 11 is 0. The number of hydrogen-bond donors (Lipinski definition) is 2. The molecular formula is C16H22N2O2. The highest BCUT2D eigenvalue weighted by Crippen LogP contribution is 2.14. The van der Waals surface area contributed by atoms with E-state index in [0.717, 1.165) is 22.9 Å². The van der Waals surface area contributed by atoms with E-state index in [-0.39, 0.29) is 0 Å². The molecule has 0 saturated carbocycles. The summed E-state index contributed by atoms with van der Waals surface area (Å²) < 4.78 is 11.0. The van der Waals surface area contributed by atoms with Crippen LogP contribution in [0.1, 0.15) is 13.8 Å². The number of nitrogen functional groups attached to an aromatic ring is 2. The van der Waals surface area contributed by atoms with Gasteiger partial charge < -0.3 is 20.9 Å². The lowest BCUT2D eigenvalue weighted by atomic mass is 10.3. The quantitative estimate of drug-likeness (QED) is 0.648. The lowest BCUT2D eigenvalue weighted by molar-refractivity contribution is 0.217. The number of rotatable bonds is 5. The van der Waals surface area contributed by atoms with E-state index in [4.69, 9.17) is 20.9 Å². The third-order valence-electron chi connectivity index (χ3n) is 2.38. The Kier molecular flexibility index (Phi) is 6.82. The van der Waals surface area contributed by atoms with Gasteiger partial charge in [0.2, 0.25) is 0 Å². The van der Waals surface area contributed by atoms with Crippen LogP contribution in [0, 0.1) is 0 Å². The molecule has 0 aliphatic heterocycles. The maximum Gasteiger partial charge on any atom is 0.122 e. The van der Waals surface area contributed by atoms with Gasteiger partial charge in [-0.1, -0.05) is 13.8 Å². The molecule has 108 valence electrons. The fourth-order valence-electron chi connectivity index (χ4n) is 1.45. The molecule has 20 heavy (non-hydrogen) atoms. The molecule has 2 rings (SSSR count). The van der Waals surface area contributed by atoms with Crippen LogP contribution in [0.4, 0.5) is 11.4 Å². The minimum Gasteiger partial charge on any atom is -0.490 e. The molecular weight excluding hydrogens is 252 g/mol. The van der Waals surface area contributed by atoms with Crippen LogP contribution in [-0.4, -0.2) is 13.2 Å². The van der Waals surface area contributed by atoms with Gasteiger partial charge in [-0.25, -0.2) is 0 Å². The molecule has 0 radical (unpaired) electrons. The van der Waals surface area contributed by atoms with Crippen molar-refractivity contribution in [2.75, 3.05) is 24.7 Å². The van der Waals surface area contributed by atoms with Gasteiger partial charge >= 0.3 is 0 Å². The number of hydrogen-bond acceptors (Lipinski definition) is 4. The van der Waals surface area contributed by atoms with Crippen LogP contribution in [0.3, 0.4) is 0 Å². The Bertz CT molecular complexity index is 433. The summed E-state index contributed by atoms with van der Waals surface area (Å²) in [7, 11) is 0. The first-order chi connectivity index (χ1) is 9.74. The molecule has 0 atom stereocenters. The topological polar surface area (TPSA) is 70.5 Å². The molecule has 4 N–H and O–H groups in total. The van der Waals surface area contributed by atoms with Crippen molar-refractivity contribution in [2.24, 2.45) is 0 Å². The first-order valence-electron chi connectivity index (χ1n) is 6.71. The first-order valence-corrected chi connectivity index (χ1v) is 6.71. The smallest absolute Gasteiger partial charge is 0.122 e. The molecule has 0 fully saturated rings. The van der Waals surface area contributed by atoms with E-state index in [1.165, 1.54) is 0 Å². The van der Waals surface area contributed by atoms with E-state index in [2.05, 4.69) is 0 Å². The normalized spacial score (nSPS) is 9.30. The average molecular weight is 274 g/mol. The van der Waals surface area contributed by atoms with Crippen molar-refractivity contribution in [3.8, 4) is 11.5 Å². The van der Waals surface area contributed by atoms with Crippen molar-refractivity contribution in [3.05, 3.63) is 48.5 Å². The monoisotopic (exact) mass is 274 g/mol. The number of benzene rings is 2. The predicted octanol–water partition coefficient (Wildman–Crippen LogP) is 3.34. The molecule has 2 aromatic rings. The largest absolute Gasteiger partial charge is 0.490 e. The predicted molar refractivity (Wildman–Crippen MR) is 84.0 cm³/mol. The van der Waals surface area contributed by atoms with Gasteiger partial charge in [0, 0.05) is 11.4 Å². The Hall–Kier alpha value is -2.36. The Morgan fingerprint density at radius 1 is 0.650 bits per heavy atom. The van der Waals surface area contributed by atoms with Gasteiger partial charge in [0.05, 0.1) is 0 Å². The molecule has 0 spiro atoms. The van der Waals surface area contributed by atoms with Crippen LogP contribution >= 0.6 is 0 Å². The molecule has 0 bridgehead atoms. The molecule has 0 unspecified atom stereocenters. The third kappa shape index (κ3) is 5.52. The minimum absolute atomic E-state index is 0.480. The van der Waals surface area contributed by atoms with Gasteiger partial charge in [-0.15, -0.1) is 0 Å². The number of anilines is 2. The number of ether oxygens (including phenoxy) is 2. The summed E-state index contributed by atoms with van der Waals surface area (Å²) in [6.07, 6.45) is 0. The van der Waals surface area contributed by atoms with E-state index in [0.29, 0.717) is 13.2 Å². The molecule has 4 nitrogen and oxygen atoms in total. The second-order valence-corrected chi connectivity index (χ2v) is 3.83. The highest BCUT2D eigenvalue weighted by atomic mass is 16.5. The summed E-state index contributed by atoms with van der Waals surface area (Å²) in [5, 5.41) is 0. The molecule has 0 heterocycles. The molecule has 4 heteroatoms. The van der Waals surface area contributed by atoms with Gasteiger partial charge in [0.1, 0.15) is 24.7 Å². The lowest BCUT2D eigenvalue weighted by Crippen LogP contribution is -2.08. The van der Waals surface area contributed by atoms with Crippen LogP contribution in [-0.2, 0) is 0 Å². The zero-order valence-electron chi connectivity index (χ0n) is 12.0. The van der Waals surface area contributed by atoms with Crippen molar-refractivity contribution in [3.63, 3.8) is 0 Å². The Morgan fingerprint density at radius 3 is 1.25 bits per heavy atom. The van der Waals surface area contributed by atoms with Crippen molar-refractivity contribution in [1.82, 2.24) is 0 Å². The van der Waals surface area contributed by atoms with Crippen LogP contribution in [0.25, 0.3) is 0 Å². The van der Waals surface area contributed by atoms with Gasteiger partial charge in [-0.3, -0.25) is 0 Å². The third-order valence-corrected chi connectivity index (χ3v) is 2.38. The fourth-order valence-corrected chi connectivity index (χ4v) is 1.45. The van der Waals surface area contributed by atoms with Gasteiger partial charge in [0.25, 0.3) is 0 Å². The zero-order chi connectivity index (χ0) is 14.8. The van der Waals surface area contributed by atoms with Crippen LogP contribution in [0.15, 0.2) is 48.5 Å². The van der Waals surface area contributed by atoms with Crippen molar-refractivity contribution in [2.45, 2.75) is 13.8 Å². The van der Waals surface area contributed by atoms with E-state index in [1.807, 2.05) is 38.1 Å². The van der Waals surface area contributed by atoms with Crippen molar-refractivity contribution in [1.29, 1.82) is 0 Å². The number of nitrogens with two attached hydrogens (primary N) is 2. The second kappa shape index (κ2) is 8.69. The molecule has 0 amide bonds. The highest BCUT2D eigenvalue weighted by molar-refractivity contribution is 5.42. The molecule has 0 aliphatic carbocycles. The molecule has 2 aromatic carbocycles. The summed E-state index contributed by atoms with van der Waals surface area (Å²) in [5.74, 6) is 1.57. The standard InChI is InChI=1S/C14H16N2O2.C2H6/c15-11-1-5-13(6-2-11)17-9-10-18-14-7-3-12(16)4-8-14;1-2/h1-8H,9-10,15-16H2;1-2H3. The van der Waals surface area contributed by atoms with Crippen molar-refractivity contribution >= 4 is 11.4 Å². The van der Waals surface area contributed by atoms with Crippen LogP contribution in [0.5, 0.6) is 11.5 Å². The SMILES string of the molecule is CC.Nc1ccc(OCCOc2ccc(N)cc2)cc1. The van der Waals surface area contributed by atoms with Crippen LogP contribution < -0.4 is 20.9 Å². The highest BCUT2D eigenvalue weighted by Gasteiger charge is 1.95. The average Bonchev–Trinajstić information content (AvgIpc) is 2.49. The fraction of sp³-hybridized carbons (Fsp3) is 0.250. The van der Waals surface area contributed by atoms with Crippen molar-refractivity contribution < 1.29 is 9.47 Å². The van der Waals surface area contributed by atoms with Crippen LogP contribution in [0.2, 0.25) is 0 Å². The zero-order valence-corrected chi connectivity index (χ0v) is 12.0. The Labute approximate surface area is 120 Å². The Balaban J connectivity index is 0.000000956. The molecule has 0 aromatic heterocycles. The van der Waals surface area contributed by atoms with E-state index in [9.17, 15) is 0 Å². The lowest BCUT2D eigenvalue weighted by Gasteiger charge is -2.08. The van der Waals surface area contributed by atoms with Gasteiger partial charge in [0.15, 0.2) is 0 Å². The van der Waals surface area contributed by atoms with Gasteiger partial charge in [-0.2, -0.15) is 0 Å². The summed E-state index contributed by atoms with van der Waals surface area (Å²) in [6, 6.07) is 14.5. The summed E-state index contributed by atoms with van der Waals surface area (Å²) in [5.41, 5.74) is 12.6. The second-order valence-electron chi connectivity index (χ2n) is 3.83.